The highest BCUT2D eigenvalue weighted by Gasteiger charge is 2.13. The van der Waals surface area contributed by atoms with Crippen LogP contribution in [0.25, 0.3) is 0 Å². The number of rotatable bonds is 5. The summed E-state index contributed by atoms with van der Waals surface area (Å²) in [5.41, 5.74) is -0.646. The molecular formula is C11H9F2N3O3S. The molecule has 0 radical (unpaired) electrons. The van der Waals surface area contributed by atoms with Gasteiger partial charge in [-0.25, -0.2) is 18.7 Å². The largest absolute Gasteiger partial charge is 0.481 e. The first kappa shape index (κ1) is 14.3. The third-order valence-corrected chi connectivity index (χ3v) is 3.35. The summed E-state index contributed by atoms with van der Waals surface area (Å²) in [5, 5.41) is 14.5. The number of nitrogens with one attached hydrogen (secondary N) is 1. The van der Waals surface area contributed by atoms with Gasteiger partial charge >= 0.3 is 11.7 Å². The van der Waals surface area contributed by atoms with Gasteiger partial charge < -0.3 is 5.11 Å². The Morgan fingerprint density at radius 3 is 2.90 bits per heavy atom. The molecule has 0 aliphatic heterocycles. The SMILES string of the molecule is O=C(O)CSc1n[nH]c(=O)n1Cc1cc(F)ccc1F. The normalized spacial score (nSPS) is 10.7. The minimum absolute atomic E-state index is 0.0225. The first-order chi connectivity index (χ1) is 9.47. The Balaban J connectivity index is 2.28. The van der Waals surface area contributed by atoms with Crippen LogP contribution >= 0.6 is 11.8 Å². The molecule has 6 nitrogen and oxygen atoms in total. The quantitative estimate of drug-likeness (QED) is 0.807. The molecule has 1 aromatic heterocycles. The van der Waals surface area contributed by atoms with Crippen molar-refractivity contribution in [1.82, 2.24) is 14.8 Å². The van der Waals surface area contributed by atoms with Crippen LogP contribution in [0.2, 0.25) is 0 Å². The van der Waals surface area contributed by atoms with E-state index in [4.69, 9.17) is 5.11 Å². The fourth-order valence-corrected chi connectivity index (χ4v) is 2.18. The number of nitrogens with zero attached hydrogens (tertiary/aromatic N) is 2. The van der Waals surface area contributed by atoms with Crippen molar-refractivity contribution in [2.24, 2.45) is 0 Å². The monoisotopic (exact) mass is 301 g/mol. The molecule has 0 fully saturated rings. The maximum Gasteiger partial charge on any atom is 0.344 e. The number of hydrogen-bond acceptors (Lipinski definition) is 4. The zero-order valence-corrected chi connectivity index (χ0v) is 10.8. The zero-order chi connectivity index (χ0) is 14.7. The van der Waals surface area contributed by atoms with Crippen molar-refractivity contribution in [1.29, 1.82) is 0 Å². The Bertz CT molecular complexity index is 698. The molecule has 0 bridgehead atoms. The van der Waals surface area contributed by atoms with Crippen molar-refractivity contribution in [3.63, 3.8) is 0 Å². The molecule has 2 N–H and O–H groups in total. The fourth-order valence-electron chi connectivity index (χ4n) is 1.51. The highest BCUT2D eigenvalue weighted by atomic mass is 32.2. The maximum atomic E-state index is 13.5. The van der Waals surface area contributed by atoms with Crippen LogP contribution in [0.4, 0.5) is 8.78 Å². The van der Waals surface area contributed by atoms with Crippen molar-refractivity contribution >= 4 is 17.7 Å². The predicted molar refractivity (Wildman–Crippen MR) is 66.7 cm³/mol. The van der Waals surface area contributed by atoms with E-state index in [0.29, 0.717) is 0 Å². The van der Waals surface area contributed by atoms with Gasteiger partial charge in [-0.3, -0.25) is 9.36 Å². The molecule has 0 atom stereocenters. The van der Waals surface area contributed by atoms with Crippen LogP contribution in [0.3, 0.4) is 0 Å². The van der Waals surface area contributed by atoms with Gasteiger partial charge in [-0.2, -0.15) is 0 Å². The Hall–Kier alpha value is -2.16. The lowest BCUT2D eigenvalue weighted by molar-refractivity contribution is -0.133. The average Bonchev–Trinajstić information content (AvgIpc) is 2.73. The van der Waals surface area contributed by atoms with Crippen LogP contribution in [0.5, 0.6) is 0 Å². The molecule has 0 saturated heterocycles. The van der Waals surface area contributed by atoms with E-state index >= 15 is 0 Å². The molecular weight excluding hydrogens is 292 g/mol. The molecule has 0 aliphatic carbocycles. The number of halogens is 2. The highest BCUT2D eigenvalue weighted by Crippen LogP contribution is 2.16. The van der Waals surface area contributed by atoms with Crippen LogP contribution in [0.15, 0.2) is 28.2 Å². The van der Waals surface area contributed by atoms with E-state index in [1.54, 1.807) is 0 Å². The number of aliphatic carboxylic acids is 1. The van der Waals surface area contributed by atoms with Gasteiger partial charge in [0.25, 0.3) is 0 Å². The van der Waals surface area contributed by atoms with Gasteiger partial charge in [0.1, 0.15) is 11.6 Å². The van der Waals surface area contributed by atoms with Gasteiger partial charge in [-0.05, 0) is 18.2 Å². The molecule has 2 aromatic rings. The Kier molecular flexibility index (Phi) is 4.18. The van der Waals surface area contributed by atoms with Gasteiger partial charge in [0, 0.05) is 5.56 Å². The van der Waals surface area contributed by atoms with E-state index in [2.05, 4.69) is 10.2 Å². The Morgan fingerprint density at radius 1 is 1.45 bits per heavy atom. The number of H-pyrrole nitrogens is 1. The number of aromatic amines is 1. The fraction of sp³-hybridized carbons (Fsp3) is 0.182. The van der Waals surface area contributed by atoms with Crippen molar-refractivity contribution < 1.29 is 18.7 Å². The summed E-state index contributed by atoms with van der Waals surface area (Å²) in [7, 11) is 0. The first-order valence-electron chi connectivity index (χ1n) is 5.41. The van der Waals surface area contributed by atoms with Crippen LogP contribution in [0.1, 0.15) is 5.56 Å². The van der Waals surface area contributed by atoms with Crippen LogP contribution < -0.4 is 5.69 Å². The Morgan fingerprint density at radius 2 is 2.20 bits per heavy atom. The van der Waals surface area contributed by atoms with Crippen molar-refractivity contribution in [3.8, 4) is 0 Å². The smallest absolute Gasteiger partial charge is 0.344 e. The second-order valence-electron chi connectivity index (χ2n) is 3.82. The van der Waals surface area contributed by atoms with Gasteiger partial charge in [0.15, 0.2) is 5.16 Å². The summed E-state index contributed by atoms with van der Waals surface area (Å²) in [4.78, 5) is 22.0. The van der Waals surface area contributed by atoms with E-state index in [0.717, 1.165) is 34.5 Å². The molecule has 0 amide bonds. The van der Waals surface area contributed by atoms with E-state index in [1.807, 2.05) is 0 Å². The first-order valence-corrected chi connectivity index (χ1v) is 6.39. The van der Waals surface area contributed by atoms with Crippen LogP contribution in [-0.4, -0.2) is 31.6 Å². The molecule has 1 aromatic carbocycles. The van der Waals surface area contributed by atoms with Crippen molar-refractivity contribution in [3.05, 3.63) is 45.9 Å². The minimum Gasteiger partial charge on any atom is -0.481 e. The minimum atomic E-state index is -1.08. The van der Waals surface area contributed by atoms with Gasteiger partial charge in [0.05, 0.1) is 12.3 Å². The molecule has 1 heterocycles. The maximum absolute atomic E-state index is 13.5. The van der Waals surface area contributed by atoms with E-state index in [9.17, 15) is 18.4 Å². The number of carbonyl (C=O) groups is 1. The number of hydrogen-bond donors (Lipinski definition) is 2. The third kappa shape index (κ3) is 3.23. The lowest BCUT2D eigenvalue weighted by Crippen LogP contribution is -2.19. The highest BCUT2D eigenvalue weighted by molar-refractivity contribution is 7.99. The summed E-state index contributed by atoms with van der Waals surface area (Å²) in [5.74, 6) is -2.66. The molecule has 0 saturated carbocycles. The summed E-state index contributed by atoms with van der Waals surface area (Å²) in [6, 6.07) is 2.90. The summed E-state index contributed by atoms with van der Waals surface area (Å²) in [6.07, 6.45) is 0. The number of carboxylic acids is 1. The number of thioether (sulfide) groups is 1. The zero-order valence-electron chi connectivity index (χ0n) is 9.97. The van der Waals surface area contributed by atoms with E-state index in [-0.39, 0.29) is 23.0 Å². The lowest BCUT2D eigenvalue weighted by atomic mass is 10.2. The van der Waals surface area contributed by atoms with E-state index in [1.165, 1.54) is 0 Å². The number of carboxylic acid groups (broad SMARTS) is 1. The van der Waals surface area contributed by atoms with E-state index < -0.39 is 23.3 Å². The average molecular weight is 301 g/mol. The molecule has 0 aliphatic rings. The van der Waals surface area contributed by atoms with Gasteiger partial charge in [-0.15, -0.1) is 5.10 Å². The van der Waals surface area contributed by atoms with Gasteiger partial charge in [-0.1, -0.05) is 11.8 Å². The molecule has 106 valence electrons. The molecule has 0 spiro atoms. The topological polar surface area (TPSA) is 88.0 Å². The molecule has 20 heavy (non-hydrogen) atoms. The molecule has 9 heteroatoms. The second kappa shape index (κ2) is 5.87. The molecule has 0 unspecified atom stereocenters. The standard InChI is InChI=1S/C11H9F2N3O3S/c12-7-1-2-8(13)6(3-7)4-16-10(19)14-15-11(16)20-5-9(17)18/h1-3H,4-5H2,(H,14,19)(H,17,18). The second-order valence-corrected chi connectivity index (χ2v) is 4.76. The third-order valence-electron chi connectivity index (χ3n) is 2.38. The van der Waals surface area contributed by atoms with Crippen molar-refractivity contribution in [2.75, 3.05) is 5.75 Å². The molecule has 2 rings (SSSR count). The number of benzene rings is 1. The Labute approximate surface area is 115 Å². The summed E-state index contributed by atoms with van der Waals surface area (Å²) < 4.78 is 27.6. The lowest BCUT2D eigenvalue weighted by Gasteiger charge is -2.06. The van der Waals surface area contributed by atoms with Crippen LogP contribution in [-0.2, 0) is 11.3 Å². The summed E-state index contributed by atoms with van der Waals surface area (Å²) >= 11 is 0.810. The van der Waals surface area contributed by atoms with Crippen molar-refractivity contribution in [2.45, 2.75) is 11.7 Å². The van der Waals surface area contributed by atoms with Gasteiger partial charge in [0.2, 0.25) is 0 Å². The number of aromatic nitrogens is 3. The predicted octanol–water partition coefficient (Wildman–Crippen LogP) is 1.07. The van der Waals surface area contributed by atoms with Crippen LogP contribution in [0, 0.1) is 11.6 Å². The summed E-state index contributed by atoms with van der Waals surface area (Å²) in [6.45, 7) is -0.235.